The van der Waals surface area contributed by atoms with Crippen molar-refractivity contribution in [2.24, 2.45) is 0 Å². The van der Waals surface area contributed by atoms with E-state index < -0.39 is 5.54 Å². The lowest BCUT2D eigenvalue weighted by atomic mass is 9.77. The van der Waals surface area contributed by atoms with Gasteiger partial charge in [-0.25, -0.2) is 8.78 Å². The van der Waals surface area contributed by atoms with Crippen LogP contribution in [0.15, 0.2) is 66.7 Å². The summed E-state index contributed by atoms with van der Waals surface area (Å²) >= 11 is 0. The minimum atomic E-state index is -0.394. The van der Waals surface area contributed by atoms with E-state index in [1.807, 2.05) is 23.1 Å². The molecule has 1 aromatic heterocycles. The molecule has 1 amide bonds. The molecule has 0 saturated carbocycles. The number of fused-ring (bicyclic) bond motifs is 4. The molecule has 1 N–H and O–H groups in total. The van der Waals surface area contributed by atoms with Gasteiger partial charge in [0.2, 0.25) is 6.41 Å². The summed E-state index contributed by atoms with van der Waals surface area (Å²) in [6, 6.07) is 18.8. The van der Waals surface area contributed by atoms with Crippen LogP contribution in [0.4, 0.5) is 8.78 Å². The van der Waals surface area contributed by atoms with Crippen molar-refractivity contribution in [3.63, 3.8) is 0 Å². The van der Waals surface area contributed by atoms with Gasteiger partial charge in [0.1, 0.15) is 23.1 Å². The Bertz CT molecular complexity index is 1410. The van der Waals surface area contributed by atoms with Gasteiger partial charge in [-0.15, -0.1) is 0 Å². The van der Waals surface area contributed by atoms with Crippen molar-refractivity contribution in [1.29, 1.82) is 0 Å². The van der Waals surface area contributed by atoms with Crippen molar-refractivity contribution in [2.45, 2.75) is 31.3 Å². The first-order chi connectivity index (χ1) is 17.5. The fourth-order valence-corrected chi connectivity index (χ4v) is 5.84. The summed E-state index contributed by atoms with van der Waals surface area (Å²) in [5.41, 5.74) is 3.86. The second kappa shape index (κ2) is 9.06. The fraction of sp³-hybridized carbons (Fsp3) is 0.276. The average molecular weight is 488 g/mol. The summed E-state index contributed by atoms with van der Waals surface area (Å²) in [5.74, 6) is 0.768. The molecular formula is C29H27F2N3O2. The second-order valence-electron chi connectivity index (χ2n) is 9.73. The molecule has 36 heavy (non-hydrogen) atoms. The molecule has 1 fully saturated rings. The summed E-state index contributed by atoms with van der Waals surface area (Å²) in [7, 11) is 0. The van der Waals surface area contributed by atoms with E-state index in [9.17, 15) is 13.6 Å². The Morgan fingerprint density at radius 1 is 0.917 bits per heavy atom. The number of hydrogen-bond donors (Lipinski definition) is 1. The van der Waals surface area contributed by atoms with Gasteiger partial charge in [0.25, 0.3) is 0 Å². The molecule has 2 aliphatic heterocycles. The number of hydrogen-bond acceptors (Lipinski definition) is 3. The number of amides is 1. The Morgan fingerprint density at radius 3 is 2.47 bits per heavy atom. The highest BCUT2D eigenvalue weighted by Gasteiger charge is 2.46. The van der Waals surface area contributed by atoms with Crippen molar-refractivity contribution >= 4 is 17.3 Å². The van der Waals surface area contributed by atoms with Gasteiger partial charge < -0.3 is 14.6 Å². The first kappa shape index (κ1) is 22.7. The smallest absolute Gasteiger partial charge is 0.210 e. The van der Waals surface area contributed by atoms with Gasteiger partial charge in [-0.2, -0.15) is 0 Å². The molecule has 0 atom stereocenters. The molecule has 4 aromatic rings. The molecule has 0 bridgehead atoms. The van der Waals surface area contributed by atoms with Gasteiger partial charge in [0, 0.05) is 42.8 Å². The third-order valence-electron chi connectivity index (χ3n) is 7.65. The minimum Gasteiger partial charge on any atom is -0.457 e. The zero-order valence-electron chi connectivity index (χ0n) is 19.8. The predicted molar refractivity (Wildman–Crippen MR) is 134 cm³/mol. The molecule has 5 nitrogen and oxygen atoms in total. The summed E-state index contributed by atoms with van der Waals surface area (Å²) in [6.07, 6.45) is 3.31. The number of nitrogens with zero attached hydrogens (tertiary/aromatic N) is 2. The molecule has 2 aliphatic rings. The van der Waals surface area contributed by atoms with Gasteiger partial charge in [0.05, 0.1) is 5.54 Å². The topological polar surface area (TPSA) is 48.6 Å². The number of H-pyrrole nitrogens is 1. The van der Waals surface area contributed by atoms with E-state index in [-0.39, 0.29) is 11.6 Å². The van der Waals surface area contributed by atoms with Crippen LogP contribution in [0.1, 0.15) is 29.7 Å². The normalized spacial score (nSPS) is 17.3. The van der Waals surface area contributed by atoms with E-state index in [2.05, 4.69) is 16.0 Å². The lowest BCUT2D eigenvalue weighted by molar-refractivity contribution is -0.128. The number of benzene rings is 3. The van der Waals surface area contributed by atoms with E-state index in [1.165, 1.54) is 18.2 Å². The lowest BCUT2D eigenvalue weighted by Crippen LogP contribution is -2.55. The standard InChI is InChI=1S/C29H27F2N3O2/c30-21-4-7-23(8-5-21)36-24-3-1-2-20(16-24)18-33-14-11-29(12-15-33)28-25(10-13-34(29)19-35)26-17-22(31)6-9-27(26)32-28/h1-9,16-17,19,32H,10-15,18H2. The molecule has 1 saturated heterocycles. The van der Waals surface area contributed by atoms with Crippen LogP contribution in [0.3, 0.4) is 0 Å². The molecule has 6 rings (SSSR count). The van der Waals surface area contributed by atoms with Gasteiger partial charge in [-0.3, -0.25) is 9.69 Å². The van der Waals surface area contributed by atoms with E-state index in [1.54, 1.807) is 24.3 Å². The Morgan fingerprint density at radius 2 is 1.69 bits per heavy atom. The molecule has 0 aliphatic carbocycles. The zero-order valence-corrected chi connectivity index (χ0v) is 19.8. The van der Waals surface area contributed by atoms with Crippen LogP contribution in [-0.2, 0) is 23.3 Å². The van der Waals surface area contributed by atoms with Gasteiger partial charge in [-0.05, 0) is 85.0 Å². The molecule has 7 heteroatoms. The van der Waals surface area contributed by atoms with Crippen molar-refractivity contribution in [1.82, 2.24) is 14.8 Å². The third-order valence-corrected chi connectivity index (χ3v) is 7.65. The van der Waals surface area contributed by atoms with Crippen molar-refractivity contribution in [3.05, 3.63) is 95.2 Å². The van der Waals surface area contributed by atoms with Crippen molar-refractivity contribution < 1.29 is 18.3 Å². The zero-order chi connectivity index (χ0) is 24.7. The highest BCUT2D eigenvalue weighted by atomic mass is 19.1. The van der Waals surface area contributed by atoms with E-state index in [0.29, 0.717) is 18.0 Å². The Kier molecular flexibility index (Phi) is 5.72. The number of nitrogens with one attached hydrogen (secondary N) is 1. The fourth-order valence-electron chi connectivity index (χ4n) is 5.84. The molecule has 0 radical (unpaired) electrons. The van der Waals surface area contributed by atoms with Gasteiger partial charge >= 0.3 is 0 Å². The van der Waals surface area contributed by atoms with E-state index in [4.69, 9.17) is 4.74 Å². The number of carbonyl (C=O) groups is 1. The Balaban J connectivity index is 1.20. The number of halogens is 2. The molecule has 184 valence electrons. The summed E-state index contributed by atoms with van der Waals surface area (Å²) < 4.78 is 33.1. The maximum atomic E-state index is 14.0. The van der Waals surface area contributed by atoms with Crippen molar-refractivity contribution in [3.8, 4) is 11.5 Å². The second-order valence-corrected chi connectivity index (χ2v) is 9.73. The van der Waals surface area contributed by atoms with Crippen LogP contribution < -0.4 is 4.74 Å². The van der Waals surface area contributed by atoms with Gasteiger partial charge in [-0.1, -0.05) is 12.1 Å². The van der Waals surface area contributed by atoms with E-state index in [0.717, 1.165) is 73.0 Å². The summed E-state index contributed by atoms with van der Waals surface area (Å²) in [6.45, 7) is 3.07. The summed E-state index contributed by atoms with van der Waals surface area (Å²) in [5, 5.41) is 0.926. The van der Waals surface area contributed by atoms with Crippen LogP contribution in [0.5, 0.6) is 11.5 Å². The average Bonchev–Trinajstić information content (AvgIpc) is 3.26. The molecule has 3 heterocycles. The van der Waals surface area contributed by atoms with Crippen LogP contribution in [0.2, 0.25) is 0 Å². The first-order valence-electron chi connectivity index (χ1n) is 12.3. The van der Waals surface area contributed by atoms with Crippen LogP contribution in [-0.4, -0.2) is 40.8 Å². The van der Waals surface area contributed by atoms with Crippen molar-refractivity contribution in [2.75, 3.05) is 19.6 Å². The summed E-state index contributed by atoms with van der Waals surface area (Å²) in [4.78, 5) is 20.0. The first-order valence-corrected chi connectivity index (χ1v) is 12.3. The van der Waals surface area contributed by atoms with Crippen LogP contribution in [0, 0.1) is 11.6 Å². The number of aromatic nitrogens is 1. The number of carbonyl (C=O) groups excluding carboxylic acids is 1. The third kappa shape index (κ3) is 4.03. The minimum absolute atomic E-state index is 0.239. The maximum absolute atomic E-state index is 14.0. The molecule has 3 aromatic carbocycles. The van der Waals surface area contributed by atoms with Gasteiger partial charge in [0.15, 0.2) is 0 Å². The number of likely N-dealkylation sites (tertiary alicyclic amines) is 1. The largest absolute Gasteiger partial charge is 0.457 e. The highest BCUT2D eigenvalue weighted by Crippen LogP contribution is 2.45. The highest BCUT2D eigenvalue weighted by molar-refractivity contribution is 5.86. The number of piperidine rings is 1. The molecule has 1 spiro atoms. The monoisotopic (exact) mass is 487 g/mol. The van der Waals surface area contributed by atoms with Crippen LogP contribution >= 0.6 is 0 Å². The molecular weight excluding hydrogens is 460 g/mol. The number of aromatic amines is 1. The van der Waals surface area contributed by atoms with E-state index >= 15 is 0 Å². The predicted octanol–water partition coefficient (Wildman–Crippen LogP) is 5.74. The quantitative estimate of drug-likeness (QED) is 0.365. The number of rotatable bonds is 5. The SMILES string of the molecule is O=CN1CCc2c([nH]c3ccc(F)cc23)C12CCN(Cc1cccc(Oc3ccc(F)cc3)c1)CC2. The van der Waals surface area contributed by atoms with Crippen LogP contribution in [0.25, 0.3) is 10.9 Å². The maximum Gasteiger partial charge on any atom is 0.210 e. The lowest BCUT2D eigenvalue weighted by Gasteiger charge is -2.49. The Hall–Kier alpha value is -3.71. The Labute approximate surface area is 208 Å². The number of ether oxygens (including phenoxy) is 1. The molecule has 0 unspecified atom stereocenters.